The summed E-state index contributed by atoms with van der Waals surface area (Å²) < 4.78 is 6.33. The van der Waals surface area contributed by atoms with Gasteiger partial charge in [-0.2, -0.15) is 0 Å². The molecule has 0 spiro atoms. The molecule has 1 aliphatic heterocycles. The fourth-order valence-electron chi connectivity index (χ4n) is 4.58. The Labute approximate surface area is 208 Å². The number of carbonyl (C=O) groups excluding carboxylic acids is 2. The average Bonchev–Trinajstić information content (AvgIpc) is 3.21. The zero-order chi connectivity index (χ0) is 24.5. The maximum atomic E-state index is 13.2. The van der Waals surface area contributed by atoms with E-state index in [9.17, 15) is 9.59 Å². The molecule has 36 heavy (non-hydrogen) atoms. The number of amides is 2. The number of fused-ring (bicyclic) bond motifs is 2. The number of ether oxygens (including phenoxy) is 1. The molecular weight excluding hydrogens is 448 g/mol. The fraction of sp³-hybridized carbons (Fsp3) is 0.0323. The first kappa shape index (κ1) is 21.6. The molecule has 6 rings (SSSR count). The lowest BCUT2D eigenvalue weighted by atomic mass is 10.0. The van der Waals surface area contributed by atoms with Crippen LogP contribution in [0.15, 0.2) is 115 Å². The highest BCUT2D eigenvalue weighted by molar-refractivity contribution is 6.32. The topological polar surface area (TPSA) is 58.6 Å². The van der Waals surface area contributed by atoms with E-state index in [1.165, 1.54) is 5.01 Å². The molecule has 0 aromatic heterocycles. The van der Waals surface area contributed by atoms with Gasteiger partial charge in [0.25, 0.3) is 11.8 Å². The first-order valence-corrected chi connectivity index (χ1v) is 11.7. The summed E-state index contributed by atoms with van der Waals surface area (Å²) in [6.07, 6.45) is 1.64. The molecule has 1 N–H and O–H groups in total. The van der Waals surface area contributed by atoms with Crippen molar-refractivity contribution in [2.45, 2.75) is 6.61 Å². The number of rotatable bonds is 5. The minimum absolute atomic E-state index is 0.0604. The van der Waals surface area contributed by atoms with Crippen LogP contribution >= 0.6 is 0 Å². The number of hydrogen-bond donors (Lipinski definition) is 1. The molecule has 0 aliphatic carbocycles. The number of hydrazine groups is 1. The largest absolute Gasteiger partial charge is 0.488 e. The van der Waals surface area contributed by atoms with E-state index in [0.717, 1.165) is 27.1 Å². The van der Waals surface area contributed by atoms with Crippen LogP contribution in [-0.2, 0) is 16.2 Å². The molecule has 5 aromatic rings. The summed E-state index contributed by atoms with van der Waals surface area (Å²) in [6, 6.07) is 35.1. The molecule has 5 nitrogen and oxygen atoms in total. The van der Waals surface area contributed by atoms with Crippen LogP contribution in [0.4, 0.5) is 5.69 Å². The van der Waals surface area contributed by atoms with Crippen molar-refractivity contribution in [3.05, 3.63) is 126 Å². The molecule has 0 bridgehead atoms. The van der Waals surface area contributed by atoms with Gasteiger partial charge in [0, 0.05) is 5.56 Å². The van der Waals surface area contributed by atoms with Crippen molar-refractivity contribution >= 4 is 45.1 Å². The SMILES string of the molecule is O=C1NN(c2ccccc2)C(=O)C1=Cc1c(OCc2cccc3ccccc23)ccc2ccccc12. The minimum Gasteiger partial charge on any atom is -0.488 e. The van der Waals surface area contributed by atoms with Crippen molar-refractivity contribution in [2.24, 2.45) is 0 Å². The third kappa shape index (κ3) is 3.87. The van der Waals surface area contributed by atoms with Gasteiger partial charge in [0.1, 0.15) is 17.9 Å². The van der Waals surface area contributed by atoms with Gasteiger partial charge in [-0.25, -0.2) is 5.01 Å². The summed E-state index contributed by atoms with van der Waals surface area (Å²) in [5, 5.41) is 5.45. The molecule has 5 heteroatoms. The highest BCUT2D eigenvalue weighted by Crippen LogP contribution is 2.33. The number of nitrogens with zero attached hydrogens (tertiary/aromatic N) is 1. The van der Waals surface area contributed by atoms with E-state index in [2.05, 4.69) is 23.6 Å². The zero-order valence-electron chi connectivity index (χ0n) is 19.3. The van der Waals surface area contributed by atoms with Crippen molar-refractivity contribution < 1.29 is 14.3 Å². The van der Waals surface area contributed by atoms with Crippen LogP contribution in [0.5, 0.6) is 5.75 Å². The Balaban J connectivity index is 1.40. The second-order valence-electron chi connectivity index (χ2n) is 8.60. The first-order chi connectivity index (χ1) is 17.7. The second kappa shape index (κ2) is 9.04. The van der Waals surface area contributed by atoms with Crippen molar-refractivity contribution in [1.29, 1.82) is 0 Å². The van der Waals surface area contributed by atoms with Crippen molar-refractivity contribution in [2.75, 3.05) is 5.01 Å². The third-order valence-electron chi connectivity index (χ3n) is 6.39. The zero-order valence-corrected chi connectivity index (χ0v) is 19.3. The van der Waals surface area contributed by atoms with E-state index in [1.807, 2.05) is 78.9 Å². The molecule has 2 amide bonds. The van der Waals surface area contributed by atoms with Crippen LogP contribution in [0, 0.1) is 0 Å². The first-order valence-electron chi connectivity index (χ1n) is 11.7. The predicted octanol–water partition coefficient (Wildman–Crippen LogP) is 6.03. The molecular formula is C31H22N2O3. The lowest BCUT2D eigenvalue weighted by molar-refractivity contribution is -0.117. The maximum absolute atomic E-state index is 13.2. The van der Waals surface area contributed by atoms with Gasteiger partial charge in [0.05, 0.1) is 5.69 Å². The summed E-state index contributed by atoms with van der Waals surface area (Å²) >= 11 is 0. The van der Waals surface area contributed by atoms with Crippen LogP contribution in [0.2, 0.25) is 0 Å². The van der Waals surface area contributed by atoms with E-state index < -0.39 is 11.8 Å². The number of benzene rings is 5. The minimum atomic E-state index is -0.447. The standard InChI is InChI=1S/C31H22N2O3/c34-30-28(31(35)33(32-30)24-13-2-1-3-14-24)19-27-26-16-7-5-10-22(26)17-18-29(27)36-20-23-12-8-11-21-9-4-6-15-25(21)23/h1-19H,20H2,(H,32,34). The second-order valence-corrected chi connectivity index (χ2v) is 8.60. The van der Waals surface area contributed by atoms with Crippen molar-refractivity contribution in [3.63, 3.8) is 0 Å². The summed E-state index contributed by atoms with van der Waals surface area (Å²) in [5.41, 5.74) is 5.09. The monoisotopic (exact) mass is 470 g/mol. The van der Waals surface area contributed by atoms with E-state index in [4.69, 9.17) is 4.74 Å². The van der Waals surface area contributed by atoms with Crippen molar-refractivity contribution in [3.8, 4) is 5.75 Å². The Hall–Kier alpha value is -4.90. The third-order valence-corrected chi connectivity index (χ3v) is 6.39. The van der Waals surface area contributed by atoms with Gasteiger partial charge in [-0.15, -0.1) is 0 Å². The Morgan fingerprint density at radius 1 is 0.694 bits per heavy atom. The van der Waals surface area contributed by atoms with E-state index in [0.29, 0.717) is 23.6 Å². The van der Waals surface area contributed by atoms with Crippen LogP contribution in [0.1, 0.15) is 11.1 Å². The Morgan fingerprint density at radius 3 is 2.17 bits per heavy atom. The maximum Gasteiger partial charge on any atom is 0.282 e. The average molecular weight is 471 g/mol. The molecule has 0 unspecified atom stereocenters. The number of hydrogen-bond acceptors (Lipinski definition) is 3. The summed E-state index contributed by atoms with van der Waals surface area (Å²) in [7, 11) is 0. The fourth-order valence-corrected chi connectivity index (χ4v) is 4.58. The predicted molar refractivity (Wildman–Crippen MR) is 142 cm³/mol. The molecule has 5 aromatic carbocycles. The number of carbonyl (C=O) groups is 2. The molecule has 1 heterocycles. The van der Waals surface area contributed by atoms with Crippen LogP contribution in [0.3, 0.4) is 0 Å². The van der Waals surface area contributed by atoms with E-state index in [1.54, 1.807) is 18.2 Å². The van der Waals surface area contributed by atoms with Gasteiger partial charge < -0.3 is 4.74 Å². The molecule has 0 atom stereocenters. The number of anilines is 1. The normalized spacial score (nSPS) is 14.6. The Kier molecular flexibility index (Phi) is 5.43. The number of para-hydroxylation sites is 1. The summed E-state index contributed by atoms with van der Waals surface area (Å²) in [4.78, 5) is 26.1. The summed E-state index contributed by atoms with van der Waals surface area (Å²) in [5.74, 6) is -0.246. The van der Waals surface area contributed by atoms with Gasteiger partial charge in [-0.3, -0.25) is 15.0 Å². The van der Waals surface area contributed by atoms with E-state index in [-0.39, 0.29) is 5.57 Å². The van der Waals surface area contributed by atoms with Gasteiger partial charge in [-0.05, 0) is 51.4 Å². The summed E-state index contributed by atoms with van der Waals surface area (Å²) in [6.45, 7) is 0.353. The lowest BCUT2D eigenvalue weighted by Gasteiger charge is -2.14. The van der Waals surface area contributed by atoms with Gasteiger partial charge in [0.2, 0.25) is 0 Å². The quantitative estimate of drug-likeness (QED) is 0.252. The van der Waals surface area contributed by atoms with E-state index >= 15 is 0 Å². The lowest BCUT2D eigenvalue weighted by Crippen LogP contribution is -2.35. The molecule has 0 radical (unpaired) electrons. The Bertz CT molecular complexity index is 1650. The molecule has 1 fully saturated rings. The van der Waals surface area contributed by atoms with Crippen molar-refractivity contribution in [1.82, 2.24) is 5.43 Å². The highest BCUT2D eigenvalue weighted by Gasteiger charge is 2.34. The highest BCUT2D eigenvalue weighted by atomic mass is 16.5. The molecule has 0 saturated carbocycles. The molecule has 1 saturated heterocycles. The van der Waals surface area contributed by atoms with Crippen LogP contribution in [-0.4, -0.2) is 11.8 Å². The van der Waals surface area contributed by atoms with Crippen LogP contribution < -0.4 is 15.2 Å². The molecule has 174 valence electrons. The number of nitrogens with one attached hydrogen (secondary N) is 1. The van der Waals surface area contributed by atoms with Gasteiger partial charge >= 0.3 is 0 Å². The smallest absolute Gasteiger partial charge is 0.282 e. The van der Waals surface area contributed by atoms with Gasteiger partial charge in [0.15, 0.2) is 0 Å². The Morgan fingerprint density at radius 2 is 1.36 bits per heavy atom. The van der Waals surface area contributed by atoms with Gasteiger partial charge in [-0.1, -0.05) is 91.0 Å². The van der Waals surface area contributed by atoms with Crippen LogP contribution in [0.25, 0.3) is 27.6 Å². The molecule has 1 aliphatic rings.